The summed E-state index contributed by atoms with van der Waals surface area (Å²) in [6.07, 6.45) is 1.98. The minimum Gasteiger partial charge on any atom is -0.444 e. The van der Waals surface area contributed by atoms with Crippen molar-refractivity contribution < 1.29 is 14.6 Å². The minimum absolute atomic E-state index is 0.457. The van der Waals surface area contributed by atoms with Crippen LogP contribution in [0.4, 0.5) is 10.5 Å². The highest BCUT2D eigenvalue weighted by atomic mass is 16.6. The van der Waals surface area contributed by atoms with Crippen LogP contribution in [0.2, 0.25) is 0 Å². The summed E-state index contributed by atoms with van der Waals surface area (Å²) in [7, 11) is 0. The molecule has 0 spiro atoms. The van der Waals surface area contributed by atoms with Gasteiger partial charge in [-0.2, -0.15) is 0 Å². The maximum atomic E-state index is 11.6. The van der Waals surface area contributed by atoms with Crippen LogP contribution in [0, 0.1) is 0 Å². The number of anilines is 1. The number of carbonyl (C=O) groups is 1. The molecule has 0 aliphatic heterocycles. The van der Waals surface area contributed by atoms with Crippen molar-refractivity contribution in [2.75, 3.05) is 5.32 Å². The van der Waals surface area contributed by atoms with Gasteiger partial charge in [0.25, 0.3) is 0 Å². The summed E-state index contributed by atoms with van der Waals surface area (Å²) in [5.41, 5.74) is 0.787. The lowest BCUT2D eigenvalue weighted by Crippen LogP contribution is -2.27. The maximum Gasteiger partial charge on any atom is 0.412 e. The summed E-state index contributed by atoms with van der Waals surface area (Å²) < 4.78 is 5.17. The fourth-order valence-electron chi connectivity index (χ4n) is 1.83. The molecule has 1 aromatic carbocycles. The van der Waals surface area contributed by atoms with Gasteiger partial charge < -0.3 is 9.84 Å². The Labute approximate surface area is 113 Å². The van der Waals surface area contributed by atoms with E-state index >= 15 is 0 Å². The smallest absolute Gasteiger partial charge is 0.412 e. The van der Waals surface area contributed by atoms with E-state index in [1.165, 1.54) is 0 Å². The summed E-state index contributed by atoms with van der Waals surface area (Å²) in [6, 6.07) is 7.49. The number of hydrogen-bond acceptors (Lipinski definition) is 3. The molecule has 2 rings (SSSR count). The topological polar surface area (TPSA) is 58.6 Å². The van der Waals surface area contributed by atoms with Crippen LogP contribution in [0.25, 0.3) is 0 Å². The Balaban J connectivity index is 1.89. The molecule has 1 aromatic rings. The van der Waals surface area contributed by atoms with Crippen molar-refractivity contribution in [1.82, 2.24) is 0 Å². The van der Waals surface area contributed by atoms with Gasteiger partial charge in [-0.05, 0) is 51.3 Å². The molecule has 4 nitrogen and oxygen atoms in total. The molecule has 104 valence electrons. The van der Waals surface area contributed by atoms with Crippen molar-refractivity contribution in [3.05, 3.63) is 29.8 Å². The second kappa shape index (κ2) is 4.85. The van der Waals surface area contributed by atoms with E-state index in [1.54, 1.807) is 0 Å². The lowest BCUT2D eigenvalue weighted by Gasteiger charge is -2.19. The molecular weight excluding hydrogens is 242 g/mol. The average molecular weight is 263 g/mol. The highest BCUT2D eigenvalue weighted by Gasteiger charge is 2.39. The van der Waals surface area contributed by atoms with Crippen LogP contribution < -0.4 is 5.32 Å². The van der Waals surface area contributed by atoms with E-state index in [4.69, 9.17) is 4.74 Å². The Bertz CT molecular complexity index is 455. The van der Waals surface area contributed by atoms with Gasteiger partial charge in [-0.1, -0.05) is 12.1 Å². The molecule has 1 aliphatic rings. The van der Waals surface area contributed by atoms with Gasteiger partial charge in [0.15, 0.2) is 0 Å². The molecule has 0 radical (unpaired) electrons. The molecule has 0 atom stereocenters. The first-order chi connectivity index (χ1) is 8.76. The standard InChI is InChI=1S/C15H21NO3/c1-14(2,3)19-13(17)16-12-6-4-11(5-7-12)10-15(18)8-9-15/h4-7,18H,8-10H2,1-3H3,(H,16,17). The molecule has 1 amide bonds. The Morgan fingerprint density at radius 2 is 1.89 bits per heavy atom. The van der Waals surface area contributed by atoms with Crippen molar-refractivity contribution in [2.45, 2.75) is 51.2 Å². The Hall–Kier alpha value is -1.55. The number of rotatable bonds is 3. The highest BCUT2D eigenvalue weighted by molar-refractivity contribution is 5.84. The van der Waals surface area contributed by atoms with Crippen molar-refractivity contribution in [3.63, 3.8) is 0 Å². The second-order valence-corrected chi connectivity index (χ2v) is 6.22. The normalized spacial score (nSPS) is 16.8. The summed E-state index contributed by atoms with van der Waals surface area (Å²) in [6.45, 7) is 5.48. The quantitative estimate of drug-likeness (QED) is 0.881. The molecule has 19 heavy (non-hydrogen) atoms. The molecule has 1 fully saturated rings. The molecule has 4 heteroatoms. The van der Waals surface area contributed by atoms with Gasteiger partial charge in [0.05, 0.1) is 5.60 Å². The van der Waals surface area contributed by atoms with E-state index in [0.29, 0.717) is 12.1 Å². The van der Waals surface area contributed by atoms with Gasteiger partial charge in [0, 0.05) is 12.1 Å². The van der Waals surface area contributed by atoms with Crippen LogP contribution in [0.15, 0.2) is 24.3 Å². The third-order valence-corrected chi connectivity index (χ3v) is 2.96. The first kappa shape index (κ1) is 13.9. The lowest BCUT2D eigenvalue weighted by molar-refractivity contribution is 0.0636. The van der Waals surface area contributed by atoms with E-state index in [0.717, 1.165) is 18.4 Å². The third kappa shape index (κ3) is 4.56. The molecule has 1 aliphatic carbocycles. The van der Waals surface area contributed by atoms with Gasteiger partial charge in [0.2, 0.25) is 0 Å². The van der Waals surface area contributed by atoms with Gasteiger partial charge in [0.1, 0.15) is 5.60 Å². The van der Waals surface area contributed by atoms with Crippen LogP contribution in [-0.4, -0.2) is 22.4 Å². The van der Waals surface area contributed by atoms with Gasteiger partial charge in [-0.15, -0.1) is 0 Å². The van der Waals surface area contributed by atoms with Crippen LogP contribution in [0.5, 0.6) is 0 Å². The summed E-state index contributed by atoms with van der Waals surface area (Å²) in [5.74, 6) is 0. The third-order valence-electron chi connectivity index (χ3n) is 2.96. The first-order valence-electron chi connectivity index (χ1n) is 6.57. The number of aliphatic hydroxyl groups is 1. The fourth-order valence-corrected chi connectivity index (χ4v) is 1.83. The number of carbonyl (C=O) groups excluding carboxylic acids is 1. The van der Waals surface area contributed by atoms with E-state index in [9.17, 15) is 9.90 Å². The van der Waals surface area contributed by atoms with Crippen LogP contribution in [0.3, 0.4) is 0 Å². The number of benzene rings is 1. The van der Waals surface area contributed by atoms with E-state index < -0.39 is 17.3 Å². The predicted octanol–water partition coefficient (Wildman–Crippen LogP) is 3.10. The van der Waals surface area contributed by atoms with Gasteiger partial charge in [-0.25, -0.2) is 4.79 Å². The molecule has 0 heterocycles. The maximum absolute atomic E-state index is 11.6. The summed E-state index contributed by atoms with van der Waals surface area (Å²) in [5, 5.41) is 12.5. The van der Waals surface area contributed by atoms with E-state index in [1.807, 2.05) is 45.0 Å². The molecule has 2 N–H and O–H groups in total. The Kier molecular flexibility index (Phi) is 3.54. The average Bonchev–Trinajstić information content (AvgIpc) is 2.96. The SMILES string of the molecule is CC(C)(C)OC(=O)Nc1ccc(CC2(O)CC2)cc1. The van der Waals surface area contributed by atoms with Crippen LogP contribution in [-0.2, 0) is 11.2 Å². The van der Waals surface area contributed by atoms with Crippen LogP contribution >= 0.6 is 0 Å². The van der Waals surface area contributed by atoms with E-state index in [2.05, 4.69) is 5.32 Å². The second-order valence-electron chi connectivity index (χ2n) is 6.22. The molecule has 0 bridgehead atoms. The monoisotopic (exact) mass is 263 g/mol. The van der Waals surface area contributed by atoms with Gasteiger partial charge in [-0.3, -0.25) is 5.32 Å². The molecule has 0 aromatic heterocycles. The largest absolute Gasteiger partial charge is 0.444 e. The molecule has 1 saturated carbocycles. The fraction of sp³-hybridized carbons (Fsp3) is 0.533. The highest BCUT2D eigenvalue weighted by Crippen LogP contribution is 2.38. The van der Waals surface area contributed by atoms with Crippen molar-refractivity contribution in [2.24, 2.45) is 0 Å². The Morgan fingerprint density at radius 1 is 1.32 bits per heavy atom. The van der Waals surface area contributed by atoms with Crippen molar-refractivity contribution >= 4 is 11.8 Å². The van der Waals surface area contributed by atoms with E-state index in [-0.39, 0.29) is 0 Å². The molecular formula is C15H21NO3. The number of ether oxygens (including phenoxy) is 1. The summed E-state index contributed by atoms with van der Waals surface area (Å²) in [4.78, 5) is 11.6. The molecule has 0 saturated heterocycles. The first-order valence-corrected chi connectivity index (χ1v) is 6.57. The minimum atomic E-state index is -0.501. The lowest BCUT2D eigenvalue weighted by atomic mass is 10.1. The Morgan fingerprint density at radius 3 is 2.37 bits per heavy atom. The zero-order valence-electron chi connectivity index (χ0n) is 11.7. The summed E-state index contributed by atoms with van der Waals surface area (Å²) >= 11 is 0. The van der Waals surface area contributed by atoms with Crippen molar-refractivity contribution in [1.29, 1.82) is 0 Å². The van der Waals surface area contributed by atoms with Gasteiger partial charge >= 0.3 is 6.09 Å². The predicted molar refractivity (Wildman–Crippen MR) is 74.2 cm³/mol. The van der Waals surface area contributed by atoms with Crippen molar-refractivity contribution in [3.8, 4) is 0 Å². The van der Waals surface area contributed by atoms with Crippen LogP contribution in [0.1, 0.15) is 39.2 Å². The number of nitrogens with one attached hydrogen (secondary N) is 1. The number of amides is 1. The zero-order valence-corrected chi connectivity index (χ0v) is 11.7. The molecule has 0 unspecified atom stereocenters. The zero-order chi connectivity index (χ0) is 14.1. The number of hydrogen-bond donors (Lipinski definition) is 2.